The minimum Gasteiger partial charge on any atom is -0.435 e. The molecule has 0 aliphatic carbocycles. The fraction of sp³-hybridized carbons (Fsp3) is 0.861. The zero-order chi connectivity index (χ0) is 27.6. The molecule has 0 amide bonds. The van der Waals surface area contributed by atoms with Gasteiger partial charge in [0.15, 0.2) is 0 Å². The van der Waals surface area contributed by atoms with Gasteiger partial charge in [-0.05, 0) is 51.0 Å². The van der Waals surface area contributed by atoms with Gasteiger partial charge in [-0.2, -0.15) is 0 Å². The number of rotatable bonds is 31. The van der Waals surface area contributed by atoms with Crippen LogP contribution in [-0.2, 0) is 9.53 Å². The second kappa shape index (κ2) is 34.0. The lowest BCUT2D eigenvalue weighted by Gasteiger charge is -2.02. The van der Waals surface area contributed by atoms with Gasteiger partial charge < -0.3 is 4.74 Å². The molecule has 0 saturated carbocycles. The highest BCUT2D eigenvalue weighted by molar-refractivity contribution is 5.69. The highest BCUT2D eigenvalue weighted by Gasteiger charge is 2.00. The van der Waals surface area contributed by atoms with Crippen molar-refractivity contribution in [2.24, 2.45) is 0 Å². The number of ether oxygens (including phenoxy) is 1. The average molecular weight is 533 g/mol. The maximum atomic E-state index is 11.9. The summed E-state index contributed by atoms with van der Waals surface area (Å²) in [7, 11) is 0. The average Bonchev–Trinajstić information content (AvgIpc) is 2.92. The summed E-state index contributed by atoms with van der Waals surface area (Å²) in [5, 5.41) is 0. The highest BCUT2D eigenvalue weighted by Crippen LogP contribution is 2.13. The number of hydrogen-bond donors (Lipinski definition) is 0. The Morgan fingerprint density at radius 2 is 0.737 bits per heavy atom. The molecule has 0 fully saturated rings. The first-order valence-corrected chi connectivity index (χ1v) is 17.3. The molecular formula is C36H68O2. The smallest absolute Gasteiger partial charge is 0.310 e. The molecule has 0 radical (unpaired) electrons. The molecule has 0 aliphatic rings. The van der Waals surface area contributed by atoms with E-state index in [-0.39, 0.29) is 5.97 Å². The van der Waals surface area contributed by atoms with Gasteiger partial charge in [0.25, 0.3) is 0 Å². The molecule has 0 saturated heterocycles. The molecule has 2 heteroatoms. The Labute approximate surface area is 239 Å². The summed E-state index contributed by atoms with van der Waals surface area (Å²) in [5.74, 6) is -0.0660. The minimum absolute atomic E-state index is 0.0660. The van der Waals surface area contributed by atoms with Crippen LogP contribution in [-0.4, -0.2) is 5.97 Å². The predicted molar refractivity (Wildman–Crippen MR) is 170 cm³/mol. The normalized spacial score (nSPS) is 11.7. The van der Waals surface area contributed by atoms with E-state index in [1.165, 1.54) is 161 Å². The van der Waals surface area contributed by atoms with Gasteiger partial charge >= 0.3 is 5.97 Å². The topological polar surface area (TPSA) is 26.3 Å². The van der Waals surface area contributed by atoms with E-state index in [1.54, 1.807) is 6.26 Å². The van der Waals surface area contributed by atoms with Gasteiger partial charge in [-0.25, -0.2) is 0 Å². The van der Waals surface area contributed by atoms with Gasteiger partial charge in [0.1, 0.15) is 0 Å². The first-order chi connectivity index (χ1) is 18.8. The second-order valence-corrected chi connectivity index (χ2v) is 11.6. The number of allylic oxidation sites excluding steroid dienone is 3. The monoisotopic (exact) mass is 533 g/mol. The van der Waals surface area contributed by atoms with Gasteiger partial charge in [-0.15, -0.1) is 0 Å². The fourth-order valence-corrected chi connectivity index (χ4v) is 5.05. The molecule has 0 unspecified atom stereocenters. The Hall–Kier alpha value is -1.05. The fourth-order valence-electron chi connectivity index (χ4n) is 5.05. The molecule has 0 aromatic carbocycles. The number of unbranched alkanes of at least 4 members (excludes halogenated alkanes) is 25. The Kier molecular flexibility index (Phi) is 33.0. The number of carbonyl (C=O) groups is 1. The van der Waals surface area contributed by atoms with Gasteiger partial charge in [-0.1, -0.05) is 161 Å². The van der Waals surface area contributed by atoms with Gasteiger partial charge in [-0.3, -0.25) is 4.79 Å². The number of hydrogen-bond acceptors (Lipinski definition) is 2. The van der Waals surface area contributed by atoms with Crippen LogP contribution in [0.5, 0.6) is 0 Å². The molecule has 38 heavy (non-hydrogen) atoms. The quantitative estimate of drug-likeness (QED) is 0.0384. The summed E-state index contributed by atoms with van der Waals surface area (Å²) in [6.45, 7) is 4.56. The van der Waals surface area contributed by atoms with Gasteiger partial charge in [0.05, 0.1) is 6.26 Å². The Bertz CT molecular complexity index is 507. The molecular weight excluding hydrogens is 464 g/mol. The minimum atomic E-state index is -0.0660. The first kappa shape index (κ1) is 37.0. The van der Waals surface area contributed by atoms with Crippen LogP contribution in [0.15, 0.2) is 24.5 Å². The van der Waals surface area contributed by atoms with Gasteiger partial charge in [0.2, 0.25) is 0 Å². The molecule has 0 rings (SSSR count). The van der Waals surface area contributed by atoms with E-state index in [4.69, 9.17) is 4.74 Å². The third kappa shape index (κ3) is 33.0. The lowest BCUT2D eigenvalue weighted by Crippen LogP contribution is -1.98. The number of carbonyl (C=O) groups excluding carboxylic acids is 1. The van der Waals surface area contributed by atoms with Crippen molar-refractivity contribution in [3.05, 3.63) is 24.5 Å². The van der Waals surface area contributed by atoms with Crippen LogP contribution in [0, 0.1) is 0 Å². The van der Waals surface area contributed by atoms with E-state index in [0.29, 0.717) is 6.42 Å². The Morgan fingerprint density at radius 1 is 0.421 bits per heavy atom. The summed E-state index contributed by atoms with van der Waals surface area (Å²) in [6, 6.07) is 0. The van der Waals surface area contributed by atoms with Crippen molar-refractivity contribution >= 4 is 5.97 Å². The standard InChI is InChI=1S/C36H68O2/c1-3-5-7-9-11-13-15-17-19-20-21-22-24-26-28-30-32-34-36(37)38-35-33-31-29-27-25-23-18-16-14-12-10-8-6-4-2/h17,19,33,35H,3-16,18,20-32,34H2,1-2H3/b19-17-,35-33?. The molecule has 0 bridgehead atoms. The lowest BCUT2D eigenvalue weighted by molar-refractivity contribution is -0.138. The van der Waals surface area contributed by atoms with E-state index in [2.05, 4.69) is 26.0 Å². The van der Waals surface area contributed by atoms with Crippen molar-refractivity contribution in [2.45, 2.75) is 200 Å². The zero-order valence-corrected chi connectivity index (χ0v) is 26.1. The Morgan fingerprint density at radius 3 is 1.13 bits per heavy atom. The van der Waals surface area contributed by atoms with Crippen molar-refractivity contribution in [1.29, 1.82) is 0 Å². The van der Waals surface area contributed by atoms with Crippen molar-refractivity contribution in [3.63, 3.8) is 0 Å². The van der Waals surface area contributed by atoms with E-state index >= 15 is 0 Å². The highest BCUT2D eigenvalue weighted by atomic mass is 16.5. The third-order valence-electron chi connectivity index (χ3n) is 7.66. The third-order valence-corrected chi connectivity index (χ3v) is 7.66. The maximum Gasteiger partial charge on any atom is 0.310 e. The van der Waals surface area contributed by atoms with Crippen LogP contribution in [0.4, 0.5) is 0 Å². The van der Waals surface area contributed by atoms with Crippen LogP contribution in [0.1, 0.15) is 200 Å². The van der Waals surface area contributed by atoms with Crippen LogP contribution in [0.2, 0.25) is 0 Å². The van der Waals surface area contributed by atoms with Crippen LogP contribution in [0.25, 0.3) is 0 Å². The number of esters is 1. The van der Waals surface area contributed by atoms with Crippen LogP contribution >= 0.6 is 0 Å². The van der Waals surface area contributed by atoms with E-state index < -0.39 is 0 Å². The van der Waals surface area contributed by atoms with Crippen molar-refractivity contribution in [2.75, 3.05) is 0 Å². The molecule has 0 aromatic heterocycles. The first-order valence-electron chi connectivity index (χ1n) is 17.3. The molecule has 2 nitrogen and oxygen atoms in total. The molecule has 0 aliphatic heterocycles. The van der Waals surface area contributed by atoms with Crippen LogP contribution in [0.3, 0.4) is 0 Å². The molecule has 0 aromatic rings. The summed E-state index contributed by atoms with van der Waals surface area (Å²) in [6.07, 6.45) is 46.1. The SMILES string of the molecule is CCCCCCCC/C=C\CCCCCCCCCC(=O)OC=CCCCCCCCCCCCCCC. The molecule has 0 spiro atoms. The molecule has 224 valence electrons. The summed E-state index contributed by atoms with van der Waals surface area (Å²) in [5.41, 5.74) is 0. The van der Waals surface area contributed by atoms with E-state index in [1.807, 2.05) is 6.08 Å². The second-order valence-electron chi connectivity index (χ2n) is 11.6. The lowest BCUT2D eigenvalue weighted by atomic mass is 10.0. The summed E-state index contributed by atoms with van der Waals surface area (Å²) < 4.78 is 5.25. The van der Waals surface area contributed by atoms with Gasteiger partial charge in [0, 0.05) is 6.42 Å². The van der Waals surface area contributed by atoms with Crippen LogP contribution < -0.4 is 0 Å². The largest absolute Gasteiger partial charge is 0.435 e. The molecule has 0 N–H and O–H groups in total. The Balaban J connectivity index is 3.25. The van der Waals surface area contributed by atoms with Crippen molar-refractivity contribution in [1.82, 2.24) is 0 Å². The van der Waals surface area contributed by atoms with E-state index in [0.717, 1.165) is 19.3 Å². The molecule has 0 atom stereocenters. The predicted octanol–water partition coefficient (Wildman–Crippen LogP) is 13.0. The summed E-state index contributed by atoms with van der Waals surface area (Å²) >= 11 is 0. The summed E-state index contributed by atoms with van der Waals surface area (Å²) in [4.78, 5) is 11.9. The zero-order valence-electron chi connectivity index (χ0n) is 26.1. The molecule has 0 heterocycles. The van der Waals surface area contributed by atoms with Crippen molar-refractivity contribution in [3.8, 4) is 0 Å². The van der Waals surface area contributed by atoms with E-state index in [9.17, 15) is 4.79 Å². The maximum absolute atomic E-state index is 11.9. The van der Waals surface area contributed by atoms with Crippen molar-refractivity contribution < 1.29 is 9.53 Å².